The Labute approximate surface area is 117 Å². The molecule has 0 aliphatic heterocycles. The van der Waals surface area contributed by atoms with Crippen molar-refractivity contribution in [3.05, 3.63) is 63.4 Å². The Hall–Kier alpha value is -1.09. The van der Waals surface area contributed by atoms with Gasteiger partial charge in [0.25, 0.3) is 0 Å². The lowest BCUT2D eigenvalue weighted by atomic mass is 10.0. The third-order valence-corrected chi connectivity index (χ3v) is 3.46. The van der Waals surface area contributed by atoms with Crippen LogP contribution < -0.4 is 5.73 Å². The van der Waals surface area contributed by atoms with E-state index in [2.05, 4.69) is 4.98 Å². The lowest BCUT2D eigenvalue weighted by Gasteiger charge is -2.13. The molecule has 0 radical (unpaired) electrons. The number of rotatable bonds is 3. The molecule has 2 rings (SSSR count). The number of hydrogen-bond acceptors (Lipinski definition) is 2. The zero-order chi connectivity index (χ0) is 13.1. The molecule has 0 aliphatic carbocycles. The normalized spacial score (nSPS) is 12.4. The lowest BCUT2D eigenvalue weighted by Crippen LogP contribution is -2.15. The second kappa shape index (κ2) is 5.70. The molecular formula is C14H14Cl2N2. The van der Waals surface area contributed by atoms with Crippen LogP contribution in [-0.4, -0.2) is 4.98 Å². The van der Waals surface area contributed by atoms with Crippen LogP contribution in [0.2, 0.25) is 10.0 Å². The molecule has 1 unspecified atom stereocenters. The van der Waals surface area contributed by atoms with Gasteiger partial charge in [0.05, 0.1) is 16.8 Å². The quantitative estimate of drug-likeness (QED) is 0.925. The summed E-state index contributed by atoms with van der Waals surface area (Å²) in [4.78, 5) is 4.22. The molecule has 0 amide bonds. The molecule has 0 saturated carbocycles. The Kier molecular flexibility index (Phi) is 4.23. The van der Waals surface area contributed by atoms with Crippen LogP contribution in [0.1, 0.15) is 22.9 Å². The van der Waals surface area contributed by atoms with Gasteiger partial charge >= 0.3 is 0 Å². The van der Waals surface area contributed by atoms with Crippen molar-refractivity contribution in [2.75, 3.05) is 0 Å². The Morgan fingerprint density at radius 1 is 1.22 bits per heavy atom. The molecule has 4 heteroatoms. The van der Waals surface area contributed by atoms with Gasteiger partial charge in [-0.25, -0.2) is 0 Å². The highest BCUT2D eigenvalue weighted by molar-refractivity contribution is 6.31. The van der Waals surface area contributed by atoms with Gasteiger partial charge in [-0.1, -0.05) is 35.3 Å². The highest BCUT2D eigenvalue weighted by Crippen LogP contribution is 2.25. The number of aromatic nitrogens is 1. The zero-order valence-corrected chi connectivity index (χ0v) is 11.5. The minimum Gasteiger partial charge on any atom is -0.322 e. The smallest absolute Gasteiger partial charge is 0.0760 e. The van der Waals surface area contributed by atoms with Gasteiger partial charge in [0.1, 0.15) is 0 Å². The minimum atomic E-state index is -0.251. The van der Waals surface area contributed by atoms with Crippen molar-refractivity contribution in [2.24, 2.45) is 5.73 Å². The van der Waals surface area contributed by atoms with Crippen LogP contribution in [0.15, 0.2) is 36.5 Å². The molecule has 0 spiro atoms. The highest BCUT2D eigenvalue weighted by Gasteiger charge is 2.13. The van der Waals surface area contributed by atoms with Crippen molar-refractivity contribution < 1.29 is 0 Å². The molecule has 0 saturated heterocycles. The molecule has 2 aromatic rings. The Morgan fingerprint density at radius 3 is 2.67 bits per heavy atom. The van der Waals surface area contributed by atoms with E-state index in [4.69, 9.17) is 28.9 Å². The van der Waals surface area contributed by atoms with Crippen molar-refractivity contribution in [1.29, 1.82) is 0 Å². The van der Waals surface area contributed by atoms with Gasteiger partial charge in [0.2, 0.25) is 0 Å². The summed E-state index contributed by atoms with van der Waals surface area (Å²) in [6.45, 7) is 2.01. The van der Waals surface area contributed by atoms with Crippen molar-refractivity contribution in [3.8, 4) is 0 Å². The molecule has 94 valence electrons. The maximum Gasteiger partial charge on any atom is 0.0760 e. The fourth-order valence-corrected chi connectivity index (χ4v) is 2.40. The second-order valence-electron chi connectivity index (χ2n) is 4.28. The number of nitrogens with two attached hydrogens (primary N) is 1. The highest BCUT2D eigenvalue weighted by atomic mass is 35.5. The monoisotopic (exact) mass is 280 g/mol. The first-order valence-electron chi connectivity index (χ1n) is 5.69. The lowest BCUT2D eigenvalue weighted by molar-refractivity contribution is 0.697. The number of aryl methyl sites for hydroxylation is 1. The van der Waals surface area contributed by atoms with E-state index in [1.54, 1.807) is 18.3 Å². The van der Waals surface area contributed by atoms with Crippen LogP contribution in [-0.2, 0) is 6.42 Å². The Morgan fingerprint density at radius 2 is 2.00 bits per heavy atom. The number of benzene rings is 1. The van der Waals surface area contributed by atoms with Crippen molar-refractivity contribution in [2.45, 2.75) is 19.4 Å². The predicted molar refractivity (Wildman–Crippen MR) is 76.1 cm³/mol. The molecule has 18 heavy (non-hydrogen) atoms. The fraction of sp³-hybridized carbons (Fsp3) is 0.214. The summed E-state index contributed by atoms with van der Waals surface area (Å²) in [5.41, 5.74) is 8.98. The first kappa shape index (κ1) is 13.3. The number of pyridine rings is 1. The largest absolute Gasteiger partial charge is 0.322 e. The molecular weight excluding hydrogens is 267 g/mol. The third kappa shape index (κ3) is 3.02. The maximum atomic E-state index is 6.19. The van der Waals surface area contributed by atoms with Crippen LogP contribution in [0.25, 0.3) is 0 Å². The predicted octanol–water partition coefficient (Wildman–Crippen LogP) is 3.94. The van der Waals surface area contributed by atoms with E-state index < -0.39 is 0 Å². The molecule has 0 aliphatic rings. The maximum absolute atomic E-state index is 6.19. The fourth-order valence-electron chi connectivity index (χ4n) is 1.82. The molecule has 2 nitrogen and oxygen atoms in total. The van der Waals surface area contributed by atoms with Crippen molar-refractivity contribution in [3.63, 3.8) is 0 Å². The van der Waals surface area contributed by atoms with E-state index in [9.17, 15) is 0 Å². The average Bonchev–Trinajstić information content (AvgIpc) is 2.33. The van der Waals surface area contributed by atoms with Crippen LogP contribution in [0, 0.1) is 6.92 Å². The van der Waals surface area contributed by atoms with Crippen molar-refractivity contribution >= 4 is 23.2 Å². The van der Waals surface area contributed by atoms with E-state index in [1.165, 1.54) is 0 Å². The number of halogens is 2. The molecule has 0 bridgehead atoms. The molecule has 1 aromatic carbocycles. The van der Waals surface area contributed by atoms with Gasteiger partial charge in [-0.3, -0.25) is 4.98 Å². The summed E-state index contributed by atoms with van der Waals surface area (Å²) >= 11 is 12.3. The molecule has 1 atom stereocenters. The summed E-state index contributed by atoms with van der Waals surface area (Å²) in [6, 6.07) is 9.28. The van der Waals surface area contributed by atoms with Gasteiger partial charge in [0.15, 0.2) is 0 Å². The van der Waals surface area contributed by atoms with Gasteiger partial charge in [-0.15, -0.1) is 0 Å². The second-order valence-corrected chi connectivity index (χ2v) is 5.09. The molecule has 0 fully saturated rings. The van der Waals surface area contributed by atoms with E-state index in [0.717, 1.165) is 16.1 Å². The standard InChI is InChI=1S/C14H14Cl2N2/c1-9-4-5-10(12(16)7-9)8-13(17)14-11(15)3-2-6-18-14/h2-7,13H,8,17H2,1H3. The van der Waals surface area contributed by atoms with Gasteiger partial charge in [0, 0.05) is 11.2 Å². The van der Waals surface area contributed by atoms with Crippen molar-refractivity contribution in [1.82, 2.24) is 4.98 Å². The summed E-state index contributed by atoms with van der Waals surface area (Å²) in [5.74, 6) is 0. The first-order valence-corrected chi connectivity index (χ1v) is 6.44. The Bertz CT molecular complexity index is 555. The van der Waals surface area contributed by atoms with Gasteiger partial charge < -0.3 is 5.73 Å². The van der Waals surface area contributed by atoms with Gasteiger partial charge in [-0.2, -0.15) is 0 Å². The van der Waals surface area contributed by atoms with E-state index >= 15 is 0 Å². The molecule has 1 heterocycles. The summed E-state index contributed by atoms with van der Waals surface area (Å²) in [6.07, 6.45) is 2.31. The third-order valence-electron chi connectivity index (χ3n) is 2.79. The van der Waals surface area contributed by atoms with Gasteiger partial charge in [-0.05, 0) is 42.7 Å². The average molecular weight is 281 g/mol. The topological polar surface area (TPSA) is 38.9 Å². The van der Waals surface area contributed by atoms with Crippen LogP contribution in [0.5, 0.6) is 0 Å². The summed E-state index contributed by atoms with van der Waals surface area (Å²) < 4.78 is 0. The summed E-state index contributed by atoms with van der Waals surface area (Å²) in [7, 11) is 0. The number of nitrogens with zero attached hydrogens (tertiary/aromatic N) is 1. The molecule has 1 aromatic heterocycles. The van der Waals surface area contributed by atoms with E-state index in [1.807, 2.05) is 25.1 Å². The van der Waals surface area contributed by atoms with E-state index in [-0.39, 0.29) is 6.04 Å². The SMILES string of the molecule is Cc1ccc(CC(N)c2ncccc2Cl)c(Cl)c1. The van der Waals surface area contributed by atoms with Crippen LogP contribution >= 0.6 is 23.2 Å². The zero-order valence-electron chi connectivity index (χ0n) is 10.0. The number of hydrogen-bond donors (Lipinski definition) is 1. The van der Waals surface area contributed by atoms with E-state index in [0.29, 0.717) is 17.1 Å². The minimum absolute atomic E-state index is 0.251. The Balaban J connectivity index is 2.21. The first-order chi connectivity index (χ1) is 8.58. The summed E-state index contributed by atoms with van der Waals surface area (Å²) in [5, 5.41) is 1.32. The van der Waals surface area contributed by atoms with Crippen LogP contribution in [0.4, 0.5) is 0 Å². The van der Waals surface area contributed by atoms with Crippen LogP contribution in [0.3, 0.4) is 0 Å². The molecule has 2 N–H and O–H groups in total.